The number of hydrogen-bond acceptors (Lipinski definition) is 7. The minimum Gasteiger partial charge on any atom is -0.481 e. The van der Waals surface area contributed by atoms with E-state index in [0.717, 1.165) is 10.1 Å². The number of carbonyl (C=O) groups excluding carboxylic acids is 2. The molecule has 198 valence electrons. The van der Waals surface area contributed by atoms with Gasteiger partial charge >= 0.3 is 11.7 Å². The summed E-state index contributed by atoms with van der Waals surface area (Å²) in [4.78, 5) is 55.4. The Morgan fingerprint density at radius 1 is 1.11 bits per heavy atom. The van der Waals surface area contributed by atoms with E-state index in [0.29, 0.717) is 45.6 Å². The van der Waals surface area contributed by atoms with Crippen molar-refractivity contribution in [2.24, 2.45) is 0 Å². The lowest BCUT2D eigenvalue weighted by molar-refractivity contribution is -0.116. The van der Waals surface area contributed by atoms with E-state index >= 15 is 0 Å². The first kappa shape index (κ1) is 26.7. The molecule has 0 radical (unpaired) electrons. The molecule has 3 heterocycles. The maximum absolute atomic E-state index is 13.3. The SMILES string of the molecule is CCNC(=O)Nc1ccc(Cn2c(=O)c(C)c3n(c2=O)C=C(C(=O)NCc2ccnc(OC)c2)SC3)cc1. The summed E-state index contributed by atoms with van der Waals surface area (Å²) in [5.41, 5.74) is 2.24. The second kappa shape index (κ2) is 11.8. The van der Waals surface area contributed by atoms with Crippen LogP contribution in [0, 0.1) is 6.92 Å². The summed E-state index contributed by atoms with van der Waals surface area (Å²) in [6.07, 6.45) is 3.08. The first-order chi connectivity index (χ1) is 18.3. The van der Waals surface area contributed by atoms with E-state index in [1.165, 1.54) is 29.6 Å². The average molecular weight is 537 g/mol. The van der Waals surface area contributed by atoms with Gasteiger partial charge in [0, 0.05) is 54.3 Å². The van der Waals surface area contributed by atoms with Crippen LogP contribution >= 0.6 is 11.8 Å². The van der Waals surface area contributed by atoms with E-state index in [-0.39, 0.29) is 30.6 Å². The van der Waals surface area contributed by atoms with Gasteiger partial charge in [0.15, 0.2) is 0 Å². The molecule has 0 fully saturated rings. The minimum absolute atomic E-state index is 0.0482. The Morgan fingerprint density at radius 3 is 2.58 bits per heavy atom. The van der Waals surface area contributed by atoms with Crippen LogP contribution in [0.25, 0.3) is 6.20 Å². The molecule has 1 aliphatic heterocycles. The number of anilines is 1. The van der Waals surface area contributed by atoms with E-state index in [1.54, 1.807) is 49.5 Å². The number of thioether (sulfide) groups is 1. The van der Waals surface area contributed by atoms with Crippen molar-refractivity contribution in [3.63, 3.8) is 0 Å². The van der Waals surface area contributed by atoms with E-state index < -0.39 is 5.69 Å². The van der Waals surface area contributed by atoms with Gasteiger partial charge in [-0.1, -0.05) is 12.1 Å². The van der Waals surface area contributed by atoms with Gasteiger partial charge in [-0.05, 0) is 43.2 Å². The topological polar surface area (TPSA) is 136 Å². The molecule has 38 heavy (non-hydrogen) atoms. The van der Waals surface area contributed by atoms with Crippen LogP contribution in [0.1, 0.15) is 29.3 Å². The summed E-state index contributed by atoms with van der Waals surface area (Å²) in [6.45, 7) is 4.32. The smallest absolute Gasteiger partial charge is 0.335 e. The first-order valence-electron chi connectivity index (χ1n) is 11.9. The third kappa shape index (κ3) is 5.97. The zero-order valence-electron chi connectivity index (χ0n) is 21.2. The van der Waals surface area contributed by atoms with Crippen LogP contribution in [-0.2, 0) is 23.6 Å². The lowest BCUT2D eigenvalue weighted by atomic mass is 10.2. The molecule has 12 heteroatoms. The molecule has 11 nitrogen and oxygen atoms in total. The zero-order valence-corrected chi connectivity index (χ0v) is 22.1. The van der Waals surface area contributed by atoms with E-state index in [2.05, 4.69) is 20.9 Å². The summed E-state index contributed by atoms with van der Waals surface area (Å²) in [5.74, 6) is 0.443. The molecule has 0 unspecified atom stereocenters. The Hall–Kier alpha value is -4.32. The van der Waals surface area contributed by atoms with Gasteiger partial charge in [0.25, 0.3) is 11.5 Å². The van der Waals surface area contributed by atoms with Crippen LogP contribution in [0.3, 0.4) is 0 Å². The maximum Gasteiger partial charge on any atom is 0.335 e. The van der Waals surface area contributed by atoms with Gasteiger partial charge in [-0.25, -0.2) is 14.6 Å². The normalized spacial score (nSPS) is 12.2. The monoisotopic (exact) mass is 536 g/mol. The second-order valence-corrected chi connectivity index (χ2v) is 9.49. The van der Waals surface area contributed by atoms with Crippen molar-refractivity contribution in [1.82, 2.24) is 24.8 Å². The molecule has 3 N–H and O–H groups in total. The molecule has 1 aliphatic rings. The molecular formula is C26H28N6O5S. The van der Waals surface area contributed by atoms with Crippen molar-refractivity contribution in [3.8, 4) is 5.88 Å². The lowest BCUT2D eigenvalue weighted by Gasteiger charge is -2.20. The van der Waals surface area contributed by atoms with Crippen molar-refractivity contribution >= 4 is 35.6 Å². The van der Waals surface area contributed by atoms with E-state index in [1.807, 2.05) is 6.92 Å². The van der Waals surface area contributed by atoms with Crippen LogP contribution in [-0.4, -0.2) is 39.7 Å². The molecule has 0 saturated carbocycles. The Balaban J connectivity index is 1.54. The molecule has 2 aromatic heterocycles. The molecule has 1 aromatic carbocycles. The molecule has 0 atom stereocenters. The molecule has 4 rings (SSSR count). The Morgan fingerprint density at radius 2 is 1.87 bits per heavy atom. The van der Waals surface area contributed by atoms with Crippen LogP contribution in [0.2, 0.25) is 0 Å². The molecule has 0 aliphatic carbocycles. The number of amides is 3. The van der Waals surface area contributed by atoms with Crippen LogP contribution in [0.5, 0.6) is 5.88 Å². The number of fused-ring (bicyclic) bond motifs is 1. The third-order valence-electron chi connectivity index (χ3n) is 5.91. The summed E-state index contributed by atoms with van der Waals surface area (Å²) in [6, 6.07) is 10.1. The molecule has 0 bridgehead atoms. The fraction of sp³-hybridized carbons (Fsp3) is 0.269. The standard InChI is InChI=1S/C26H28N6O5S/c1-4-27-25(35)30-19-7-5-17(6-8-19)13-32-24(34)16(2)20-15-38-21(14-31(20)26(32)36)23(33)29-12-18-9-10-28-22(11-18)37-3/h5-11,14H,4,12-13,15H2,1-3H3,(H,29,33)(H2,27,30,35). The van der Waals surface area contributed by atoms with Gasteiger partial charge in [-0.15, -0.1) is 11.8 Å². The van der Waals surface area contributed by atoms with Crippen LogP contribution < -0.4 is 31.9 Å². The highest BCUT2D eigenvalue weighted by Crippen LogP contribution is 2.27. The fourth-order valence-corrected chi connectivity index (χ4v) is 4.90. The first-order valence-corrected chi connectivity index (χ1v) is 12.9. The van der Waals surface area contributed by atoms with Gasteiger partial charge in [0.05, 0.1) is 18.6 Å². The summed E-state index contributed by atoms with van der Waals surface area (Å²) in [7, 11) is 1.52. The number of urea groups is 1. The van der Waals surface area contributed by atoms with Crippen molar-refractivity contribution in [1.29, 1.82) is 0 Å². The highest BCUT2D eigenvalue weighted by atomic mass is 32.2. The summed E-state index contributed by atoms with van der Waals surface area (Å²) >= 11 is 1.27. The second-order valence-electron chi connectivity index (χ2n) is 8.47. The third-order valence-corrected chi connectivity index (χ3v) is 6.93. The minimum atomic E-state index is -0.524. The number of hydrogen-bond donors (Lipinski definition) is 3. The van der Waals surface area contributed by atoms with E-state index in [4.69, 9.17) is 4.74 Å². The number of nitrogens with zero attached hydrogens (tertiary/aromatic N) is 3. The Bertz CT molecular complexity index is 1510. The number of aromatic nitrogens is 3. The van der Waals surface area contributed by atoms with Crippen molar-refractivity contribution in [2.75, 3.05) is 19.0 Å². The number of methoxy groups -OCH3 is 1. The number of ether oxygens (including phenoxy) is 1. The van der Waals surface area contributed by atoms with Crippen LogP contribution in [0.4, 0.5) is 10.5 Å². The Kier molecular flexibility index (Phi) is 8.31. The molecule has 0 saturated heterocycles. The number of benzene rings is 1. The highest BCUT2D eigenvalue weighted by Gasteiger charge is 2.23. The number of pyridine rings is 1. The summed E-state index contributed by atoms with van der Waals surface area (Å²) in [5, 5.41) is 8.20. The number of rotatable bonds is 8. The van der Waals surface area contributed by atoms with Gasteiger partial charge in [0.2, 0.25) is 5.88 Å². The molecular weight excluding hydrogens is 508 g/mol. The molecule has 3 aromatic rings. The quantitative estimate of drug-likeness (QED) is 0.402. The Labute approximate surface area is 222 Å². The van der Waals surface area contributed by atoms with Gasteiger partial charge < -0.3 is 20.7 Å². The van der Waals surface area contributed by atoms with E-state index in [9.17, 15) is 19.2 Å². The predicted molar refractivity (Wildman–Crippen MR) is 146 cm³/mol. The zero-order chi connectivity index (χ0) is 27.2. The maximum atomic E-state index is 13.3. The van der Waals surface area contributed by atoms with Gasteiger partial charge in [-0.3, -0.25) is 18.7 Å². The lowest BCUT2D eigenvalue weighted by Crippen LogP contribution is -2.42. The van der Waals surface area contributed by atoms with Crippen molar-refractivity contribution in [2.45, 2.75) is 32.7 Å². The largest absolute Gasteiger partial charge is 0.481 e. The van der Waals surface area contributed by atoms with Crippen molar-refractivity contribution < 1.29 is 14.3 Å². The van der Waals surface area contributed by atoms with Crippen LogP contribution in [0.15, 0.2) is 57.1 Å². The number of carbonyl (C=O) groups is 2. The van der Waals surface area contributed by atoms with Gasteiger partial charge in [-0.2, -0.15) is 0 Å². The van der Waals surface area contributed by atoms with Crippen molar-refractivity contribution in [3.05, 3.63) is 90.7 Å². The molecule has 0 spiro atoms. The fourth-order valence-electron chi connectivity index (χ4n) is 3.87. The molecule has 3 amide bonds. The predicted octanol–water partition coefficient (Wildman–Crippen LogP) is 2.27. The highest BCUT2D eigenvalue weighted by molar-refractivity contribution is 8.03. The van der Waals surface area contributed by atoms with Gasteiger partial charge in [0.1, 0.15) is 0 Å². The average Bonchev–Trinajstić information content (AvgIpc) is 2.93. The summed E-state index contributed by atoms with van der Waals surface area (Å²) < 4.78 is 7.64. The number of nitrogens with one attached hydrogen (secondary N) is 3.